The van der Waals surface area contributed by atoms with E-state index in [1.807, 2.05) is 13.8 Å². The van der Waals surface area contributed by atoms with Crippen LogP contribution < -0.4 is 0 Å². The molecule has 0 aliphatic carbocycles. The van der Waals surface area contributed by atoms with Crippen molar-refractivity contribution in [3.63, 3.8) is 0 Å². The third-order valence-electron chi connectivity index (χ3n) is 2.39. The highest BCUT2D eigenvalue weighted by Gasteiger charge is 2.13. The zero-order chi connectivity index (χ0) is 14.3. The molecular formula is C14H19FO4. The van der Waals surface area contributed by atoms with Crippen molar-refractivity contribution in [1.29, 1.82) is 0 Å². The van der Waals surface area contributed by atoms with Gasteiger partial charge in [0.05, 0.1) is 25.4 Å². The van der Waals surface area contributed by atoms with Gasteiger partial charge in [-0.1, -0.05) is 26.0 Å². The van der Waals surface area contributed by atoms with E-state index in [2.05, 4.69) is 0 Å². The first-order valence-electron chi connectivity index (χ1n) is 6.18. The van der Waals surface area contributed by atoms with Crippen LogP contribution in [0.2, 0.25) is 0 Å². The van der Waals surface area contributed by atoms with Crippen LogP contribution >= 0.6 is 0 Å². The number of hydrogen-bond donors (Lipinski definition) is 1. The first-order valence-corrected chi connectivity index (χ1v) is 6.18. The molecule has 0 spiro atoms. The maximum atomic E-state index is 13.7. The van der Waals surface area contributed by atoms with Crippen molar-refractivity contribution in [3.05, 3.63) is 35.1 Å². The topological polar surface area (TPSA) is 55.8 Å². The van der Waals surface area contributed by atoms with Crippen LogP contribution in [-0.2, 0) is 16.1 Å². The highest BCUT2D eigenvalue weighted by molar-refractivity contribution is 5.88. The third kappa shape index (κ3) is 5.36. The SMILES string of the molecule is CC(C)COCCOCc1cccc(C(=O)O)c1F. The lowest BCUT2D eigenvalue weighted by atomic mass is 10.1. The predicted octanol–water partition coefficient (Wildman–Crippen LogP) is 2.71. The van der Waals surface area contributed by atoms with Crippen LogP contribution in [0.25, 0.3) is 0 Å². The van der Waals surface area contributed by atoms with Gasteiger partial charge in [-0.3, -0.25) is 0 Å². The average molecular weight is 270 g/mol. The summed E-state index contributed by atoms with van der Waals surface area (Å²) in [6.45, 7) is 5.59. The Morgan fingerprint density at radius 2 is 2.00 bits per heavy atom. The number of carbonyl (C=O) groups is 1. The quantitative estimate of drug-likeness (QED) is 0.738. The minimum absolute atomic E-state index is 0.0397. The van der Waals surface area contributed by atoms with Crippen molar-refractivity contribution >= 4 is 5.97 Å². The standard InChI is InChI=1S/C14H19FO4/c1-10(2)8-18-6-7-19-9-11-4-3-5-12(13(11)15)14(16)17/h3-5,10H,6-9H2,1-2H3,(H,16,17). The number of carboxylic acid groups (broad SMARTS) is 1. The molecule has 1 N–H and O–H groups in total. The summed E-state index contributed by atoms with van der Waals surface area (Å²) in [5, 5.41) is 8.78. The molecule has 0 aliphatic heterocycles. The van der Waals surface area contributed by atoms with Crippen molar-refractivity contribution < 1.29 is 23.8 Å². The molecule has 0 aliphatic rings. The van der Waals surface area contributed by atoms with Gasteiger partial charge in [-0.25, -0.2) is 9.18 Å². The molecule has 4 nitrogen and oxygen atoms in total. The van der Waals surface area contributed by atoms with Gasteiger partial charge < -0.3 is 14.6 Å². The number of hydrogen-bond acceptors (Lipinski definition) is 3. The molecule has 0 saturated carbocycles. The lowest BCUT2D eigenvalue weighted by molar-refractivity contribution is 0.0306. The molecule has 0 radical (unpaired) electrons. The highest BCUT2D eigenvalue weighted by Crippen LogP contribution is 2.14. The molecule has 0 saturated heterocycles. The van der Waals surface area contributed by atoms with E-state index in [9.17, 15) is 9.18 Å². The fourth-order valence-electron chi connectivity index (χ4n) is 1.48. The second-order valence-corrected chi connectivity index (χ2v) is 4.61. The van der Waals surface area contributed by atoms with E-state index < -0.39 is 11.8 Å². The Morgan fingerprint density at radius 3 is 2.63 bits per heavy atom. The summed E-state index contributed by atoms with van der Waals surface area (Å²) in [7, 11) is 0. The zero-order valence-electron chi connectivity index (χ0n) is 11.2. The molecule has 0 fully saturated rings. The maximum absolute atomic E-state index is 13.7. The van der Waals surface area contributed by atoms with Gasteiger partial charge >= 0.3 is 5.97 Å². The molecule has 0 amide bonds. The average Bonchev–Trinajstić information content (AvgIpc) is 2.34. The second kappa shape index (κ2) is 7.86. The van der Waals surface area contributed by atoms with E-state index in [0.29, 0.717) is 25.7 Å². The van der Waals surface area contributed by atoms with E-state index in [4.69, 9.17) is 14.6 Å². The predicted molar refractivity (Wildman–Crippen MR) is 68.7 cm³/mol. The number of aromatic carboxylic acids is 1. The largest absolute Gasteiger partial charge is 0.478 e. The van der Waals surface area contributed by atoms with Crippen LogP contribution in [0.5, 0.6) is 0 Å². The first kappa shape index (κ1) is 15.6. The van der Waals surface area contributed by atoms with Crippen molar-refractivity contribution in [3.8, 4) is 0 Å². The molecule has 0 aromatic heterocycles. The summed E-state index contributed by atoms with van der Waals surface area (Å²) in [6.07, 6.45) is 0. The van der Waals surface area contributed by atoms with Crippen LogP contribution in [0.4, 0.5) is 4.39 Å². The van der Waals surface area contributed by atoms with Crippen LogP contribution in [0.1, 0.15) is 29.8 Å². The minimum Gasteiger partial charge on any atom is -0.478 e. The van der Waals surface area contributed by atoms with Gasteiger partial charge in [0.25, 0.3) is 0 Å². The van der Waals surface area contributed by atoms with Gasteiger partial charge in [0, 0.05) is 12.2 Å². The molecule has 0 bridgehead atoms. The summed E-state index contributed by atoms with van der Waals surface area (Å²) in [5.41, 5.74) is -0.0964. The lowest BCUT2D eigenvalue weighted by Crippen LogP contribution is -2.10. The molecule has 0 heterocycles. The fourth-order valence-corrected chi connectivity index (χ4v) is 1.48. The Bertz CT molecular complexity index is 418. The Morgan fingerprint density at radius 1 is 1.32 bits per heavy atom. The molecule has 0 atom stereocenters. The van der Waals surface area contributed by atoms with Gasteiger partial charge in [-0.05, 0) is 12.0 Å². The van der Waals surface area contributed by atoms with E-state index in [-0.39, 0.29) is 17.7 Å². The highest BCUT2D eigenvalue weighted by atomic mass is 19.1. The number of rotatable bonds is 8. The summed E-state index contributed by atoms with van der Waals surface area (Å²) in [5.74, 6) is -1.55. The summed E-state index contributed by atoms with van der Waals surface area (Å²) in [6, 6.07) is 4.24. The normalized spacial score (nSPS) is 10.9. The van der Waals surface area contributed by atoms with Crippen molar-refractivity contribution in [1.82, 2.24) is 0 Å². The van der Waals surface area contributed by atoms with Gasteiger partial charge in [-0.15, -0.1) is 0 Å². The van der Waals surface area contributed by atoms with Crippen LogP contribution in [0.3, 0.4) is 0 Å². The molecule has 1 aromatic carbocycles. The van der Waals surface area contributed by atoms with Gasteiger partial charge in [-0.2, -0.15) is 0 Å². The molecule has 19 heavy (non-hydrogen) atoms. The smallest absolute Gasteiger partial charge is 0.338 e. The molecule has 1 aromatic rings. The second-order valence-electron chi connectivity index (χ2n) is 4.61. The van der Waals surface area contributed by atoms with Crippen LogP contribution in [-0.4, -0.2) is 30.9 Å². The Hall–Kier alpha value is -1.46. The van der Waals surface area contributed by atoms with Crippen LogP contribution in [0, 0.1) is 11.7 Å². The summed E-state index contributed by atoms with van der Waals surface area (Å²) < 4.78 is 24.3. The Balaban J connectivity index is 2.37. The van der Waals surface area contributed by atoms with Gasteiger partial charge in [0.2, 0.25) is 0 Å². The van der Waals surface area contributed by atoms with Crippen molar-refractivity contribution in [2.24, 2.45) is 5.92 Å². The minimum atomic E-state index is -1.28. The molecule has 0 unspecified atom stereocenters. The monoisotopic (exact) mass is 270 g/mol. The maximum Gasteiger partial charge on any atom is 0.338 e. The zero-order valence-corrected chi connectivity index (χ0v) is 11.2. The van der Waals surface area contributed by atoms with E-state index in [1.165, 1.54) is 18.2 Å². The number of halogens is 1. The van der Waals surface area contributed by atoms with Crippen LogP contribution in [0.15, 0.2) is 18.2 Å². The molecule has 106 valence electrons. The van der Waals surface area contributed by atoms with Gasteiger partial charge in [0.1, 0.15) is 5.82 Å². The van der Waals surface area contributed by atoms with Gasteiger partial charge in [0.15, 0.2) is 0 Å². The third-order valence-corrected chi connectivity index (χ3v) is 2.39. The lowest BCUT2D eigenvalue weighted by Gasteiger charge is -2.09. The number of carboxylic acids is 1. The van der Waals surface area contributed by atoms with E-state index >= 15 is 0 Å². The summed E-state index contributed by atoms with van der Waals surface area (Å²) in [4.78, 5) is 10.8. The Kier molecular flexibility index (Phi) is 6.45. The number of benzene rings is 1. The van der Waals surface area contributed by atoms with Crippen molar-refractivity contribution in [2.45, 2.75) is 20.5 Å². The Labute approximate surface area is 112 Å². The van der Waals surface area contributed by atoms with E-state index in [0.717, 1.165) is 0 Å². The molecular weight excluding hydrogens is 251 g/mol. The molecule has 5 heteroatoms. The van der Waals surface area contributed by atoms with Crippen molar-refractivity contribution in [2.75, 3.05) is 19.8 Å². The number of ether oxygens (including phenoxy) is 2. The van der Waals surface area contributed by atoms with E-state index in [1.54, 1.807) is 0 Å². The summed E-state index contributed by atoms with van der Waals surface area (Å²) >= 11 is 0. The fraction of sp³-hybridized carbons (Fsp3) is 0.500. The molecule has 1 rings (SSSR count). The first-order chi connectivity index (χ1) is 9.02.